The van der Waals surface area contributed by atoms with Gasteiger partial charge in [0.1, 0.15) is 0 Å². The molecular formula is C9H13F3N4O2. The minimum absolute atomic E-state index is 0.0940. The van der Waals surface area contributed by atoms with Crippen LogP contribution in [0.1, 0.15) is 23.1 Å². The van der Waals surface area contributed by atoms with Gasteiger partial charge in [0.05, 0.1) is 17.9 Å². The zero-order chi connectivity index (χ0) is 13.9. The third-order valence-corrected chi connectivity index (χ3v) is 2.29. The molecular weight excluding hydrogens is 253 g/mol. The summed E-state index contributed by atoms with van der Waals surface area (Å²) in [5.41, 5.74) is 6.01. The first kappa shape index (κ1) is 14.3. The van der Waals surface area contributed by atoms with Crippen LogP contribution in [0.5, 0.6) is 0 Å². The number of hydrogen-bond acceptors (Lipinski definition) is 4. The Morgan fingerprint density at radius 1 is 1.61 bits per heavy atom. The van der Waals surface area contributed by atoms with Crippen molar-refractivity contribution in [2.75, 3.05) is 12.3 Å². The number of aliphatic hydroxyl groups is 1. The summed E-state index contributed by atoms with van der Waals surface area (Å²) in [7, 11) is 0. The topological polar surface area (TPSA) is 104 Å². The lowest BCUT2D eigenvalue weighted by Gasteiger charge is -2.14. The summed E-state index contributed by atoms with van der Waals surface area (Å²) in [6.07, 6.45) is -6.89. The van der Waals surface area contributed by atoms with Crippen LogP contribution in [0.4, 0.5) is 18.9 Å². The highest BCUT2D eigenvalue weighted by atomic mass is 19.4. The highest BCUT2D eigenvalue weighted by Crippen LogP contribution is 2.19. The summed E-state index contributed by atoms with van der Waals surface area (Å²) in [5, 5.41) is 16.7. The van der Waals surface area contributed by atoms with Gasteiger partial charge in [-0.15, -0.1) is 0 Å². The summed E-state index contributed by atoms with van der Waals surface area (Å²) < 4.78 is 36.0. The van der Waals surface area contributed by atoms with Gasteiger partial charge in [0.2, 0.25) is 0 Å². The van der Waals surface area contributed by atoms with E-state index in [0.29, 0.717) is 12.1 Å². The van der Waals surface area contributed by atoms with Gasteiger partial charge in [0.25, 0.3) is 5.91 Å². The molecule has 0 aliphatic carbocycles. The molecule has 18 heavy (non-hydrogen) atoms. The fraction of sp³-hybridized carbons (Fsp3) is 0.556. The molecule has 1 amide bonds. The molecule has 102 valence electrons. The fourth-order valence-corrected chi connectivity index (χ4v) is 1.22. The van der Waals surface area contributed by atoms with E-state index >= 15 is 0 Å². The number of H-pyrrole nitrogens is 1. The maximum atomic E-state index is 12.0. The number of halogens is 3. The highest BCUT2D eigenvalue weighted by Gasteiger charge is 2.38. The molecule has 1 aromatic heterocycles. The molecule has 0 spiro atoms. The second-order valence-electron chi connectivity index (χ2n) is 3.59. The average molecular weight is 266 g/mol. The Hall–Kier alpha value is -1.77. The van der Waals surface area contributed by atoms with E-state index in [2.05, 4.69) is 10.2 Å². The number of carbonyl (C=O) groups is 1. The number of nitrogen functional groups attached to an aromatic ring is 1. The number of rotatable bonds is 4. The molecule has 5 N–H and O–H groups in total. The van der Waals surface area contributed by atoms with E-state index in [1.807, 2.05) is 5.32 Å². The zero-order valence-corrected chi connectivity index (χ0v) is 9.51. The first-order valence-electron chi connectivity index (χ1n) is 5.13. The number of nitrogens with zero attached hydrogens (tertiary/aromatic N) is 1. The SMILES string of the molecule is CCc1[nH]nc(C(=O)NCC(O)C(F)(F)F)c1N. The Kier molecular flexibility index (Phi) is 4.17. The fourth-order valence-electron chi connectivity index (χ4n) is 1.22. The van der Waals surface area contributed by atoms with Crippen molar-refractivity contribution in [3.8, 4) is 0 Å². The van der Waals surface area contributed by atoms with Crippen molar-refractivity contribution in [3.05, 3.63) is 11.4 Å². The molecule has 6 nitrogen and oxygen atoms in total. The summed E-state index contributed by atoms with van der Waals surface area (Å²) >= 11 is 0. The highest BCUT2D eigenvalue weighted by molar-refractivity contribution is 5.97. The third-order valence-electron chi connectivity index (χ3n) is 2.29. The van der Waals surface area contributed by atoms with E-state index in [4.69, 9.17) is 10.8 Å². The standard InChI is InChI=1S/C9H13F3N4O2/c1-2-4-6(13)7(16-15-4)8(18)14-3-5(17)9(10,11)12/h5,17H,2-3,13H2,1H3,(H,14,18)(H,15,16). The molecule has 1 aromatic rings. The first-order valence-corrected chi connectivity index (χ1v) is 5.13. The van der Waals surface area contributed by atoms with Crippen molar-refractivity contribution >= 4 is 11.6 Å². The summed E-state index contributed by atoms with van der Waals surface area (Å²) in [6, 6.07) is 0. The zero-order valence-electron chi connectivity index (χ0n) is 9.51. The van der Waals surface area contributed by atoms with E-state index in [0.717, 1.165) is 0 Å². The Morgan fingerprint density at radius 3 is 2.67 bits per heavy atom. The van der Waals surface area contributed by atoms with Crippen molar-refractivity contribution in [2.45, 2.75) is 25.6 Å². The molecule has 0 bridgehead atoms. The molecule has 0 aromatic carbocycles. The molecule has 1 heterocycles. The second kappa shape index (κ2) is 5.25. The molecule has 0 saturated carbocycles. The van der Waals surface area contributed by atoms with Crippen molar-refractivity contribution < 1.29 is 23.1 Å². The van der Waals surface area contributed by atoms with Crippen LogP contribution < -0.4 is 11.1 Å². The Morgan fingerprint density at radius 2 is 2.22 bits per heavy atom. The number of amides is 1. The molecule has 0 radical (unpaired) electrons. The molecule has 9 heteroatoms. The molecule has 0 aliphatic rings. The molecule has 0 fully saturated rings. The Labute approximate surface area is 100 Å². The van der Waals surface area contributed by atoms with Crippen LogP contribution in [0.15, 0.2) is 0 Å². The van der Waals surface area contributed by atoms with Crippen LogP contribution in [0.2, 0.25) is 0 Å². The summed E-state index contributed by atoms with van der Waals surface area (Å²) in [5.74, 6) is -0.869. The van der Waals surface area contributed by atoms with Gasteiger partial charge >= 0.3 is 6.18 Å². The monoisotopic (exact) mass is 266 g/mol. The number of nitrogens with one attached hydrogen (secondary N) is 2. The van der Waals surface area contributed by atoms with Gasteiger partial charge in [-0.3, -0.25) is 9.89 Å². The minimum Gasteiger partial charge on any atom is -0.395 e. The smallest absolute Gasteiger partial charge is 0.395 e. The number of aromatic nitrogens is 2. The number of anilines is 1. The third kappa shape index (κ3) is 3.13. The van der Waals surface area contributed by atoms with E-state index < -0.39 is 24.7 Å². The normalized spacial score (nSPS) is 13.4. The van der Waals surface area contributed by atoms with Crippen LogP contribution >= 0.6 is 0 Å². The van der Waals surface area contributed by atoms with Crippen LogP contribution in [-0.2, 0) is 6.42 Å². The van der Waals surface area contributed by atoms with Gasteiger partial charge in [-0.1, -0.05) is 6.92 Å². The van der Waals surface area contributed by atoms with Crippen LogP contribution in [0.3, 0.4) is 0 Å². The van der Waals surface area contributed by atoms with Crippen molar-refractivity contribution in [3.63, 3.8) is 0 Å². The molecule has 0 saturated heterocycles. The van der Waals surface area contributed by atoms with E-state index in [1.165, 1.54) is 0 Å². The molecule has 1 rings (SSSR count). The van der Waals surface area contributed by atoms with Gasteiger partial charge in [-0.2, -0.15) is 18.3 Å². The van der Waals surface area contributed by atoms with E-state index in [-0.39, 0.29) is 11.4 Å². The Bertz CT molecular complexity index is 430. The van der Waals surface area contributed by atoms with Crippen LogP contribution in [0.25, 0.3) is 0 Å². The summed E-state index contributed by atoms with van der Waals surface area (Å²) in [4.78, 5) is 11.5. The van der Waals surface area contributed by atoms with E-state index in [1.54, 1.807) is 6.92 Å². The average Bonchev–Trinajstić information content (AvgIpc) is 2.65. The van der Waals surface area contributed by atoms with Crippen LogP contribution in [0, 0.1) is 0 Å². The maximum absolute atomic E-state index is 12.0. The van der Waals surface area contributed by atoms with Gasteiger partial charge in [0, 0.05) is 0 Å². The number of nitrogens with two attached hydrogens (primary N) is 1. The van der Waals surface area contributed by atoms with Crippen molar-refractivity contribution in [1.29, 1.82) is 0 Å². The maximum Gasteiger partial charge on any atom is 0.416 e. The first-order chi connectivity index (χ1) is 8.27. The number of aliphatic hydroxyl groups excluding tert-OH is 1. The predicted molar refractivity (Wildman–Crippen MR) is 56.8 cm³/mol. The van der Waals surface area contributed by atoms with E-state index in [9.17, 15) is 18.0 Å². The van der Waals surface area contributed by atoms with Gasteiger partial charge < -0.3 is 16.2 Å². The van der Waals surface area contributed by atoms with Gasteiger partial charge in [-0.25, -0.2) is 0 Å². The minimum atomic E-state index is -4.78. The molecule has 0 aliphatic heterocycles. The number of aromatic amines is 1. The second-order valence-corrected chi connectivity index (χ2v) is 3.59. The van der Waals surface area contributed by atoms with Gasteiger partial charge in [0.15, 0.2) is 11.8 Å². The van der Waals surface area contributed by atoms with Crippen LogP contribution in [-0.4, -0.2) is 40.0 Å². The van der Waals surface area contributed by atoms with Gasteiger partial charge in [-0.05, 0) is 6.42 Å². The largest absolute Gasteiger partial charge is 0.416 e. The number of aryl methyl sites for hydroxylation is 1. The van der Waals surface area contributed by atoms with Crippen molar-refractivity contribution in [1.82, 2.24) is 15.5 Å². The lowest BCUT2D eigenvalue weighted by Crippen LogP contribution is -2.40. The Balaban J connectivity index is 2.64. The summed E-state index contributed by atoms with van der Waals surface area (Å²) in [6.45, 7) is 0.828. The molecule has 1 unspecified atom stereocenters. The lowest BCUT2D eigenvalue weighted by molar-refractivity contribution is -0.201. The lowest BCUT2D eigenvalue weighted by atomic mass is 10.2. The number of carbonyl (C=O) groups excluding carboxylic acids is 1. The molecule has 1 atom stereocenters. The quantitative estimate of drug-likeness (QED) is 0.625. The predicted octanol–water partition coefficient (Wildman–Crippen LogP) is 0.207. The number of hydrogen-bond donors (Lipinski definition) is 4. The number of alkyl halides is 3. The van der Waals surface area contributed by atoms with Crippen molar-refractivity contribution in [2.24, 2.45) is 0 Å².